The first-order valence-electron chi connectivity index (χ1n) is 5.62. The van der Waals surface area contributed by atoms with Crippen molar-refractivity contribution in [1.29, 1.82) is 5.26 Å². The number of pyridine rings is 1. The Hall–Kier alpha value is -2.67. The van der Waals surface area contributed by atoms with E-state index in [2.05, 4.69) is 10.1 Å². The summed E-state index contributed by atoms with van der Waals surface area (Å²) in [5.74, 6) is 0. The molecular formula is C14H10N4. The van der Waals surface area contributed by atoms with E-state index in [4.69, 9.17) is 5.26 Å². The fourth-order valence-electron chi connectivity index (χ4n) is 1.96. The molecule has 0 saturated heterocycles. The van der Waals surface area contributed by atoms with Gasteiger partial charge < -0.3 is 0 Å². The standard InChI is InChI=1S/C14H10N4/c15-8-13-7-11(5-6-16-13)10-18-14-4-2-1-3-12(14)9-17-18/h1-7,9H,10H2. The highest BCUT2D eigenvalue weighted by molar-refractivity contribution is 5.78. The molecule has 0 aliphatic heterocycles. The topological polar surface area (TPSA) is 54.5 Å². The van der Waals surface area contributed by atoms with Crippen molar-refractivity contribution in [1.82, 2.24) is 14.8 Å². The number of nitrogens with zero attached hydrogens (tertiary/aromatic N) is 4. The molecule has 1 aromatic carbocycles. The van der Waals surface area contributed by atoms with Gasteiger partial charge in [0.15, 0.2) is 0 Å². The Kier molecular flexibility index (Phi) is 2.50. The van der Waals surface area contributed by atoms with E-state index in [1.807, 2.05) is 47.3 Å². The van der Waals surface area contributed by atoms with Crippen LogP contribution in [0, 0.1) is 11.3 Å². The van der Waals surface area contributed by atoms with Crippen LogP contribution in [0.5, 0.6) is 0 Å². The monoisotopic (exact) mass is 234 g/mol. The third kappa shape index (κ3) is 1.82. The summed E-state index contributed by atoms with van der Waals surface area (Å²) in [6.07, 6.45) is 3.50. The highest BCUT2D eigenvalue weighted by atomic mass is 15.3. The molecule has 0 fully saturated rings. The first-order chi connectivity index (χ1) is 8.86. The molecule has 2 aromatic heterocycles. The molecule has 18 heavy (non-hydrogen) atoms. The van der Waals surface area contributed by atoms with Gasteiger partial charge in [-0.3, -0.25) is 4.68 Å². The zero-order valence-corrected chi connectivity index (χ0v) is 9.61. The van der Waals surface area contributed by atoms with Gasteiger partial charge in [-0.2, -0.15) is 10.4 Å². The summed E-state index contributed by atoms with van der Waals surface area (Å²) < 4.78 is 1.92. The van der Waals surface area contributed by atoms with Crippen molar-refractivity contribution in [2.45, 2.75) is 6.54 Å². The van der Waals surface area contributed by atoms with Gasteiger partial charge in [0.05, 0.1) is 18.3 Å². The minimum Gasteiger partial charge on any atom is -0.260 e. The summed E-state index contributed by atoms with van der Waals surface area (Å²) >= 11 is 0. The van der Waals surface area contributed by atoms with Crippen LogP contribution in [0.3, 0.4) is 0 Å². The van der Waals surface area contributed by atoms with Crippen molar-refractivity contribution in [2.75, 3.05) is 0 Å². The second-order valence-corrected chi connectivity index (χ2v) is 4.02. The Morgan fingerprint density at radius 1 is 1.22 bits per heavy atom. The maximum absolute atomic E-state index is 8.82. The van der Waals surface area contributed by atoms with Crippen molar-refractivity contribution < 1.29 is 0 Å². The van der Waals surface area contributed by atoms with Gasteiger partial charge in [-0.15, -0.1) is 0 Å². The Morgan fingerprint density at radius 2 is 2.11 bits per heavy atom. The Bertz CT molecular complexity index is 737. The van der Waals surface area contributed by atoms with Crippen LogP contribution in [-0.2, 0) is 6.54 Å². The average molecular weight is 234 g/mol. The zero-order valence-electron chi connectivity index (χ0n) is 9.61. The Balaban J connectivity index is 1.99. The van der Waals surface area contributed by atoms with Gasteiger partial charge >= 0.3 is 0 Å². The smallest absolute Gasteiger partial charge is 0.140 e. The summed E-state index contributed by atoms with van der Waals surface area (Å²) in [6, 6.07) is 13.8. The molecule has 0 unspecified atom stereocenters. The number of benzene rings is 1. The summed E-state index contributed by atoms with van der Waals surface area (Å²) in [4.78, 5) is 3.96. The van der Waals surface area contributed by atoms with E-state index in [-0.39, 0.29) is 0 Å². The molecule has 4 heteroatoms. The van der Waals surface area contributed by atoms with Crippen LogP contribution in [-0.4, -0.2) is 14.8 Å². The fraction of sp³-hybridized carbons (Fsp3) is 0.0714. The molecule has 0 aliphatic carbocycles. The molecule has 0 bridgehead atoms. The Labute approximate surface area is 104 Å². The van der Waals surface area contributed by atoms with E-state index >= 15 is 0 Å². The van der Waals surface area contributed by atoms with Gasteiger partial charge in [0.25, 0.3) is 0 Å². The van der Waals surface area contributed by atoms with Gasteiger partial charge in [0.2, 0.25) is 0 Å². The van der Waals surface area contributed by atoms with Crippen LogP contribution in [0.15, 0.2) is 48.8 Å². The number of para-hydroxylation sites is 1. The van der Waals surface area contributed by atoms with Crippen LogP contribution < -0.4 is 0 Å². The third-order valence-electron chi connectivity index (χ3n) is 2.82. The van der Waals surface area contributed by atoms with E-state index in [1.54, 1.807) is 12.3 Å². The lowest BCUT2D eigenvalue weighted by Crippen LogP contribution is -2.01. The molecule has 3 aromatic rings. The summed E-state index contributed by atoms with van der Waals surface area (Å²) in [5.41, 5.74) is 2.55. The van der Waals surface area contributed by atoms with Crippen LogP contribution in [0.4, 0.5) is 0 Å². The molecule has 2 heterocycles. The molecule has 0 aliphatic rings. The molecule has 0 amide bonds. The number of hydrogen-bond acceptors (Lipinski definition) is 3. The van der Waals surface area contributed by atoms with Crippen molar-refractivity contribution >= 4 is 10.9 Å². The first kappa shape index (κ1) is 10.5. The highest BCUT2D eigenvalue weighted by Crippen LogP contribution is 2.14. The van der Waals surface area contributed by atoms with E-state index in [0.717, 1.165) is 16.5 Å². The summed E-state index contributed by atoms with van der Waals surface area (Å²) in [5, 5.41) is 14.3. The zero-order chi connectivity index (χ0) is 12.4. The van der Waals surface area contributed by atoms with E-state index in [9.17, 15) is 0 Å². The lowest BCUT2D eigenvalue weighted by atomic mass is 10.2. The molecular weight excluding hydrogens is 224 g/mol. The van der Waals surface area contributed by atoms with Crippen LogP contribution in [0.25, 0.3) is 10.9 Å². The predicted octanol–water partition coefficient (Wildman–Crippen LogP) is 2.35. The number of fused-ring (bicyclic) bond motifs is 1. The van der Waals surface area contributed by atoms with Gasteiger partial charge in [0, 0.05) is 11.6 Å². The molecule has 0 atom stereocenters. The minimum absolute atomic E-state index is 0.434. The van der Waals surface area contributed by atoms with Gasteiger partial charge in [-0.05, 0) is 23.8 Å². The van der Waals surface area contributed by atoms with Crippen LogP contribution in [0.1, 0.15) is 11.3 Å². The summed E-state index contributed by atoms with van der Waals surface area (Å²) in [7, 11) is 0. The maximum atomic E-state index is 8.82. The van der Waals surface area contributed by atoms with Crippen molar-refractivity contribution in [3.8, 4) is 6.07 Å². The number of hydrogen-bond donors (Lipinski definition) is 0. The number of rotatable bonds is 2. The molecule has 0 saturated carbocycles. The molecule has 86 valence electrons. The summed E-state index contributed by atoms with van der Waals surface area (Å²) in [6.45, 7) is 0.644. The maximum Gasteiger partial charge on any atom is 0.140 e. The SMILES string of the molecule is N#Cc1cc(Cn2ncc3ccccc32)ccn1. The predicted molar refractivity (Wildman–Crippen MR) is 67.8 cm³/mol. The second kappa shape index (κ2) is 4.30. The lowest BCUT2D eigenvalue weighted by Gasteiger charge is -2.03. The molecule has 4 nitrogen and oxygen atoms in total. The number of nitriles is 1. The largest absolute Gasteiger partial charge is 0.260 e. The number of aromatic nitrogens is 3. The van der Waals surface area contributed by atoms with Crippen molar-refractivity contribution in [3.63, 3.8) is 0 Å². The van der Waals surface area contributed by atoms with Gasteiger partial charge in [-0.1, -0.05) is 18.2 Å². The molecule has 0 N–H and O–H groups in total. The fourth-order valence-corrected chi connectivity index (χ4v) is 1.96. The van der Waals surface area contributed by atoms with Crippen molar-refractivity contribution in [3.05, 3.63) is 60.0 Å². The van der Waals surface area contributed by atoms with E-state index < -0.39 is 0 Å². The second-order valence-electron chi connectivity index (χ2n) is 4.02. The average Bonchev–Trinajstić information content (AvgIpc) is 2.83. The first-order valence-corrected chi connectivity index (χ1v) is 5.62. The quantitative estimate of drug-likeness (QED) is 0.684. The van der Waals surface area contributed by atoms with Crippen molar-refractivity contribution in [2.24, 2.45) is 0 Å². The lowest BCUT2D eigenvalue weighted by molar-refractivity contribution is 0.711. The molecule has 0 radical (unpaired) electrons. The van der Waals surface area contributed by atoms with Gasteiger partial charge in [-0.25, -0.2) is 4.98 Å². The normalized spacial score (nSPS) is 10.4. The molecule has 3 rings (SSSR count). The van der Waals surface area contributed by atoms with E-state index in [1.165, 1.54) is 0 Å². The third-order valence-corrected chi connectivity index (χ3v) is 2.82. The Morgan fingerprint density at radius 3 is 3.00 bits per heavy atom. The molecule has 0 spiro atoms. The van der Waals surface area contributed by atoms with Crippen LogP contribution in [0.2, 0.25) is 0 Å². The minimum atomic E-state index is 0.434. The highest BCUT2D eigenvalue weighted by Gasteiger charge is 2.03. The van der Waals surface area contributed by atoms with Gasteiger partial charge in [0.1, 0.15) is 11.8 Å². The van der Waals surface area contributed by atoms with E-state index in [0.29, 0.717) is 12.2 Å². The van der Waals surface area contributed by atoms with Crippen LogP contribution >= 0.6 is 0 Å².